The Morgan fingerprint density at radius 2 is 1.65 bits per heavy atom. The lowest BCUT2D eigenvalue weighted by atomic mass is 9.94. The SMILES string of the molecule is COC12C(=COC(N)=O)c3c(O)c(N)c(C)c(O)c3N1CC1C2N1C(=O)OCc1ccc(NC(=O)C(CCCCN)NC(=O)[C@H](Cc2ccccc2)NC(=O)OC(C)(C)C)cc1. The van der Waals surface area contributed by atoms with E-state index >= 15 is 0 Å². The molecule has 19 heteroatoms. The molecule has 2 fully saturated rings. The summed E-state index contributed by atoms with van der Waals surface area (Å²) in [5.41, 5.74) is 17.1. The fourth-order valence-electron chi connectivity index (χ4n) is 8.03. The summed E-state index contributed by atoms with van der Waals surface area (Å²) >= 11 is 0. The first-order chi connectivity index (χ1) is 29.4. The number of hydrogen-bond donors (Lipinski definition) is 8. The highest BCUT2D eigenvalue weighted by Crippen LogP contribution is 2.65. The fraction of sp³-hybridized carbons (Fsp3) is 0.419. The second kappa shape index (κ2) is 18.1. The Kier molecular flexibility index (Phi) is 13.1. The van der Waals surface area contributed by atoms with Crippen molar-refractivity contribution in [1.29, 1.82) is 0 Å². The maximum Gasteiger partial charge on any atom is 0.411 e. The van der Waals surface area contributed by atoms with Crippen LogP contribution in [0.3, 0.4) is 0 Å². The van der Waals surface area contributed by atoms with Crippen molar-refractivity contribution in [3.05, 3.63) is 83.1 Å². The van der Waals surface area contributed by atoms with E-state index in [1.165, 1.54) is 12.0 Å². The molecule has 3 aromatic rings. The molecular weight excluding hydrogens is 805 g/mol. The van der Waals surface area contributed by atoms with Gasteiger partial charge in [0.15, 0.2) is 5.72 Å². The van der Waals surface area contributed by atoms with Gasteiger partial charge in [-0.25, -0.2) is 14.4 Å². The zero-order valence-corrected chi connectivity index (χ0v) is 35.2. The summed E-state index contributed by atoms with van der Waals surface area (Å²) in [6.45, 7) is 7.12. The molecule has 3 aliphatic heterocycles. The smallest absolute Gasteiger partial charge is 0.411 e. The lowest BCUT2D eigenvalue weighted by molar-refractivity contribution is -0.128. The van der Waals surface area contributed by atoms with E-state index in [-0.39, 0.29) is 65.6 Å². The molecule has 0 aromatic heterocycles. The van der Waals surface area contributed by atoms with Gasteiger partial charge in [-0.1, -0.05) is 42.5 Å². The molecule has 332 valence electrons. The fourth-order valence-corrected chi connectivity index (χ4v) is 8.03. The molecular formula is C43H54N8O11. The molecule has 4 unspecified atom stereocenters. The van der Waals surface area contributed by atoms with E-state index in [4.69, 9.17) is 36.1 Å². The first-order valence-electron chi connectivity index (χ1n) is 20.1. The third-order valence-corrected chi connectivity index (χ3v) is 11.0. The molecule has 62 heavy (non-hydrogen) atoms. The Morgan fingerprint density at radius 1 is 0.952 bits per heavy atom. The van der Waals surface area contributed by atoms with Crippen molar-refractivity contribution < 1.29 is 53.1 Å². The number of phenolic OH excluding ortho intramolecular Hbond substituents is 2. The number of amides is 5. The van der Waals surface area contributed by atoms with Crippen molar-refractivity contribution in [2.24, 2.45) is 11.5 Å². The van der Waals surface area contributed by atoms with Crippen molar-refractivity contribution >= 4 is 52.7 Å². The van der Waals surface area contributed by atoms with E-state index in [9.17, 15) is 34.2 Å². The van der Waals surface area contributed by atoms with Crippen molar-refractivity contribution in [3.8, 4) is 11.5 Å². The van der Waals surface area contributed by atoms with Gasteiger partial charge in [-0.05, 0) is 76.8 Å². The Labute approximate surface area is 358 Å². The predicted octanol–water partition coefficient (Wildman–Crippen LogP) is 3.68. The molecule has 3 aliphatic rings. The van der Waals surface area contributed by atoms with Gasteiger partial charge >= 0.3 is 18.3 Å². The van der Waals surface area contributed by atoms with Crippen LogP contribution in [-0.4, -0.2) is 101 Å². The van der Waals surface area contributed by atoms with Gasteiger partial charge in [0.2, 0.25) is 11.8 Å². The quantitative estimate of drug-likeness (QED) is 0.0206. The van der Waals surface area contributed by atoms with Gasteiger partial charge in [-0.15, -0.1) is 0 Å². The number of rotatable bonds is 15. The van der Waals surface area contributed by atoms with Crippen LogP contribution in [0.2, 0.25) is 0 Å². The Bertz CT molecular complexity index is 2230. The Balaban J connectivity index is 1.10. The molecule has 19 nitrogen and oxygen atoms in total. The highest BCUT2D eigenvalue weighted by molar-refractivity contribution is 6.02. The molecule has 0 saturated carbocycles. The maximum absolute atomic E-state index is 13.7. The maximum atomic E-state index is 13.7. The molecule has 3 aromatic carbocycles. The van der Waals surface area contributed by atoms with Crippen LogP contribution in [0.15, 0.2) is 60.9 Å². The molecule has 5 amide bonds. The standard InChI is InChI=1S/C43H54N8O11/c1-23-32(45)35(53)31-27(22-60-39(46)56)43(59-5)36-30(20-50(43)33(31)34(23)52)51(36)41(58)61-21-25-14-16-26(17-15-25)47-37(54)28(13-9-10-18-44)48-38(55)29(19-24-11-7-6-8-12-24)49-40(57)62-42(2,3)4/h6-8,11-12,14-17,22,28-30,36,52-53H,9-10,13,18-21,44-45H2,1-5H3,(H2,46,56)(H,47,54)(H,48,55)(H,49,57)/t28?,29-,30?,36?,43?,51?/m0/s1. The number of nitrogens with two attached hydrogens (primary N) is 3. The van der Waals surface area contributed by atoms with Crippen molar-refractivity contribution in [1.82, 2.24) is 15.5 Å². The lowest BCUT2D eigenvalue weighted by Crippen LogP contribution is -2.54. The van der Waals surface area contributed by atoms with Gasteiger partial charge in [0.1, 0.15) is 48.1 Å². The first-order valence-corrected chi connectivity index (χ1v) is 20.1. The van der Waals surface area contributed by atoms with Crippen LogP contribution in [-0.2, 0) is 41.6 Å². The van der Waals surface area contributed by atoms with Crippen molar-refractivity contribution in [2.75, 3.05) is 36.1 Å². The molecule has 0 aliphatic carbocycles. The average Bonchev–Trinajstić information content (AvgIpc) is 3.74. The lowest BCUT2D eigenvalue weighted by Gasteiger charge is -2.37. The summed E-state index contributed by atoms with van der Waals surface area (Å²) in [5, 5.41) is 30.6. The van der Waals surface area contributed by atoms with Gasteiger partial charge in [0.05, 0.1) is 28.6 Å². The molecule has 0 spiro atoms. The van der Waals surface area contributed by atoms with Gasteiger partial charge < -0.3 is 67.2 Å². The molecule has 0 radical (unpaired) electrons. The Morgan fingerprint density at radius 3 is 2.27 bits per heavy atom. The van der Waals surface area contributed by atoms with E-state index in [0.29, 0.717) is 30.6 Å². The number of nitrogen functional groups attached to an aromatic ring is 1. The number of ether oxygens (including phenoxy) is 4. The number of aromatic hydroxyl groups is 2. The highest BCUT2D eigenvalue weighted by atomic mass is 16.6. The third-order valence-electron chi connectivity index (χ3n) is 11.0. The summed E-state index contributed by atoms with van der Waals surface area (Å²) in [4.78, 5) is 68.4. The molecule has 3 heterocycles. The number of anilines is 3. The zero-order valence-electron chi connectivity index (χ0n) is 35.2. The van der Waals surface area contributed by atoms with Crippen LogP contribution in [0.1, 0.15) is 62.3 Å². The van der Waals surface area contributed by atoms with Gasteiger partial charge in [-0.3, -0.25) is 14.5 Å². The second-order valence-corrected chi connectivity index (χ2v) is 16.3. The van der Waals surface area contributed by atoms with Crippen LogP contribution >= 0.6 is 0 Å². The monoisotopic (exact) mass is 858 g/mol. The zero-order chi connectivity index (χ0) is 45.1. The predicted molar refractivity (Wildman–Crippen MR) is 227 cm³/mol. The molecule has 11 N–H and O–H groups in total. The minimum atomic E-state index is -1.50. The number of carbonyl (C=O) groups excluding carboxylic acids is 5. The molecule has 5 atom stereocenters. The van der Waals surface area contributed by atoms with E-state index in [1.807, 2.05) is 30.3 Å². The molecule has 0 bridgehead atoms. The number of fused-ring (bicyclic) bond motifs is 5. The van der Waals surface area contributed by atoms with Crippen LogP contribution in [0.4, 0.5) is 31.4 Å². The number of piperazine rings is 1. The minimum Gasteiger partial charge on any atom is -0.505 e. The third kappa shape index (κ3) is 9.13. The number of alkyl carbamates (subject to hydrolysis) is 1. The van der Waals surface area contributed by atoms with E-state index in [1.54, 1.807) is 56.9 Å². The number of nitrogens with one attached hydrogen (secondary N) is 3. The molecule has 2 saturated heterocycles. The van der Waals surface area contributed by atoms with E-state index < -0.39 is 65.6 Å². The number of nitrogens with zero attached hydrogens (tertiary/aromatic N) is 2. The number of benzene rings is 3. The number of unbranched alkanes of at least 4 members (excludes halogenated alkanes) is 1. The summed E-state index contributed by atoms with van der Waals surface area (Å²) in [7, 11) is 1.38. The summed E-state index contributed by atoms with van der Waals surface area (Å²) < 4.78 is 22.2. The van der Waals surface area contributed by atoms with Crippen molar-refractivity contribution in [3.63, 3.8) is 0 Å². The first kappa shape index (κ1) is 44.8. The largest absolute Gasteiger partial charge is 0.505 e. The molecule has 6 rings (SSSR count). The van der Waals surface area contributed by atoms with Crippen LogP contribution in [0.5, 0.6) is 11.5 Å². The van der Waals surface area contributed by atoms with Crippen LogP contribution in [0.25, 0.3) is 5.57 Å². The Hall–Kier alpha value is -6.73. The summed E-state index contributed by atoms with van der Waals surface area (Å²) in [6, 6.07) is 12.6. The van der Waals surface area contributed by atoms with Crippen LogP contribution in [0, 0.1) is 6.92 Å². The normalized spacial score (nSPS) is 20.0. The summed E-state index contributed by atoms with van der Waals surface area (Å²) in [6.07, 6.45) is 0.0536. The minimum absolute atomic E-state index is 0.0752. The number of primary amides is 1. The number of methoxy groups -OCH3 is 1. The highest BCUT2D eigenvalue weighted by Gasteiger charge is 2.76. The van der Waals surface area contributed by atoms with Gasteiger partial charge in [0.25, 0.3) is 0 Å². The topological polar surface area (TPSA) is 283 Å². The summed E-state index contributed by atoms with van der Waals surface area (Å²) in [5.74, 6) is -1.62. The number of hydrogen-bond acceptors (Lipinski definition) is 14. The number of phenols is 2. The van der Waals surface area contributed by atoms with Gasteiger partial charge in [0, 0.05) is 31.3 Å². The number of carbonyl (C=O) groups is 5. The second-order valence-electron chi connectivity index (χ2n) is 16.3. The van der Waals surface area contributed by atoms with E-state index in [0.717, 1.165) is 11.8 Å². The average molecular weight is 859 g/mol. The van der Waals surface area contributed by atoms with Gasteiger partial charge in [-0.2, -0.15) is 0 Å². The van der Waals surface area contributed by atoms with Crippen LogP contribution < -0.4 is 38.1 Å². The van der Waals surface area contributed by atoms with E-state index in [2.05, 4.69) is 16.0 Å². The van der Waals surface area contributed by atoms with Crippen molar-refractivity contribution in [2.45, 2.75) is 95.5 Å².